The van der Waals surface area contributed by atoms with E-state index in [-0.39, 0.29) is 0 Å². The second-order valence-electron chi connectivity index (χ2n) is 4.46. The summed E-state index contributed by atoms with van der Waals surface area (Å²) in [5.41, 5.74) is 5.98. The van der Waals surface area contributed by atoms with E-state index in [0.29, 0.717) is 0 Å². The number of benzene rings is 1. The SMILES string of the molecule is Cc1c(-c2cccnc2)cccc1-c1cccnc1. The molecule has 0 saturated carbocycles. The molecule has 92 valence electrons. The van der Waals surface area contributed by atoms with Crippen LogP contribution in [0.1, 0.15) is 5.56 Å². The van der Waals surface area contributed by atoms with E-state index in [2.05, 4.69) is 47.2 Å². The molecule has 0 aliphatic carbocycles. The van der Waals surface area contributed by atoms with E-state index in [0.717, 1.165) is 11.1 Å². The van der Waals surface area contributed by atoms with Gasteiger partial charge in [0, 0.05) is 35.9 Å². The van der Waals surface area contributed by atoms with Gasteiger partial charge in [-0.2, -0.15) is 0 Å². The van der Waals surface area contributed by atoms with E-state index < -0.39 is 0 Å². The predicted molar refractivity (Wildman–Crippen MR) is 77.6 cm³/mol. The molecular weight excluding hydrogens is 232 g/mol. The van der Waals surface area contributed by atoms with Gasteiger partial charge in [0.1, 0.15) is 0 Å². The summed E-state index contributed by atoms with van der Waals surface area (Å²) in [6, 6.07) is 14.4. The Morgan fingerprint density at radius 3 is 1.63 bits per heavy atom. The van der Waals surface area contributed by atoms with Crippen molar-refractivity contribution in [1.29, 1.82) is 0 Å². The van der Waals surface area contributed by atoms with Crippen LogP contribution in [-0.2, 0) is 0 Å². The molecule has 2 aromatic heterocycles. The molecule has 0 atom stereocenters. The Balaban J connectivity index is 2.15. The van der Waals surface area contributed by atoms with Crippen molar-refractivity contribution >= 4 is 0 Å². The number of rotatable bonds is 2. The summed E-state index contributed by atoms with van der Waals surface area (Å²) in [6.07, 6.45) is 7.39. The van der Waals surface area contributed by atoms with Gasteiger partial charge in [0.05, 0.1) is 0 Å². The molecule has 0 aliphatic rings. The Morgan fingerprint density at radius 1 is 0.684 bits per heavy atom. The van der Waals surface area contributed by atoms with Crippen molar-refractivity contribution in [3.05, 3.63) is 72.8 Å². The fraction of sp³-hybridized carbons (Fsp3) is 0.0588. The number of aromatic nitrogens is 2. The lowest BCUT2D eigenvalue weighted by atomic mass is 9.94. The molecule has 0 bridgehead atoms. The van der Waals surface area contributed by atoms with Gasteiger partial charge >= 0.3 is 0 Å². The minimum absolute atomic E-state index is 1.14. The third-order valence-corrected chi connectivity index (χ3v) is 3.28. The van der Waals surface area contributed by atoms with E-state index >= 15 is 0 Å². The Hall–Kier alpha value is -2.48. The molecule has 0 saturated heterocycles. The van der Waals surface area contributed by atoms with Gasteiger partial charge in [-0.05, 0) is 35.7 Å². The van der Waals surface area contributed by atoms with Crippen molar-refractivity contribution in [1.82, 2.24) is 9.97 Å². The molecule has 3 rings (SSSR count). The standard InChI is InChI=1S/C17H14N2/c1-13-16(14-5-3-9-18-11-14)7-2-8-17(13)15-6-4-10-19-12-15/h2-12H,1H3. The van der Waals surface area contributed by atoms with Crippen molar-refractivity contribution in [2.45, 2.75) is 6.92 Å². The van der Waals surface area contributed by atoms with Crippen LogP contribution in [0.3, 0.4) is 0 Å². The molecule has 0 N–H and O–H groups in total. The van der Waals surface area contributed by atoms with Crippen LogP contribution < -0.4 is 0 Å². The van der Waals surface area contributed by atoms with Crippen LogP contribution in [0.5, 0.6) is 0 Å². The summed E-state index contributed by atoms with van der Waals surface area (Å²) in [5.74, 6) is 0. The van der Waals surface area contributed by atoms with Crippen molar-refractivity contribution in [3.63, 3.8) is 0 Å². The molecule has 0 fully saturated rings. The minimum Gasteiger partial charge on any atom is -0.264 e. The van der Waals surface area contributed by atoms with E-state index in [1.807, 2.05) is 24.5 Å². The van der Waals surface area contributed by atoms with E-state index in [1.165, 1.54) is 16.7 Å². The molecule has 0 radical (unpaired) electrons. The van der Waals surface area contributed by atoms with Gasteiger partial charge in [-0.15, -0.1) is 0 Å². The van der Waals surface area contributed by atoms with Gasteiger partial charge in [-0.3, -0.25) is 9.97 Å². The summed E-state index contributed by atoms with van der Waals surface area (Å²) in [4.78, 5) is 8.38. The third-order valence-electron chi connectivity index (χ3n) is 3.28. The zero-order valence-corrected chi connectivity index (χ0v) is 10.7. The molecule has 2 heterocycles. The Morgan fingerprint density at radius 2 is 1.21 bits per heavy atom. The highest BCUT2D eigenvalue weighted by atomic mass is 14.6. The second-order valence-corrected chi connectivity index (χ2v) is 4.46. The molecular formula is C17H14N2. The van der Waals surface area contributed by atoms with Crippen molar-refractivity contribution in [2.75, 3.05) is 0 Å². The summed E-state index contributed by atoms with van der Waals surface area (Å²) in [5, 5.41) is 0. The van der Waals surface area contributed by atoms with Gasteiger partial charge in [-0.25, -0.2) is 0 Å². The topological polar surface area (TPSA) is 25.8 Å². The van der Waals surface area contributed by atoms with Gasteiger partial charge < -0.3 is 0 Å². The molecule has 19 heavy (non-hydrogen) atoms. The smallest absolute Gasteiger partial charge is 0.0346 e. The molecule has 2 nitrogen and oxygen atoms in total. The van der Waals surface area contributed by atoms with Gasteiger partial charge in [0.15, 0.2) is 0 Å². The maximum Gasteiger partial charge on any atom is 0.0346 e. The second kappa shape index (κ2) is 5.02. The molecule has 3 aromatic rings. The van der Waals surface area contributed by atoms with Crippen molar-refractivity contribution in [2.24, 2.45) is 0 Å². The number of nitrogens with zero attached hydrogens (tertiary/aromatic N) is 2. The number of hydrogen-bond donors (Lipinski definition) is 0. The highest BCUT2D eigenvalue weighted by Gasteiger charge is 2.07. The van der Waals surface area contributed by atoms with Crippen LogP contribution in [-0.4, -0.2) is 9.97 Å². The predicted octanol–water partition coefficient (Wildman–Crippen LogP) is 4.12. The van der Waals surface area contributed by atoms with Crippen molar-refractivity contribution < 1.29 is 0 Å². The summed E-state index contributed by atoms with van der Waals surface area (Å²) in [6.45, 7) is 2.14. The highest BCUT2D eigenvalue weighted by Crippen LogP contribution is 2.30. The lowest BCUT2D eigenvalue weighted by Crippen LogP contribution is -1.89. The Bertz CT molecular complexity index is 618. The molecule has 2 heteroatoms. The van der Waals surface area contributed by atoms with Gasteiger partial charge in [0.2, 0.25) is 0 Å². The normalized spacial score (nSPS) is 10.4. The lowest BCUT2D eigenvalue weighted by Gasteiger charge is -2.11. The first-order chi connectivity index (χ1) is 9.36. The quantitative estimate of drug-likeness (QED) is 0.679. The van der Waals surface area contributed by atoms with Crippen molar-refractivity contribution in [3.8, 4) is 22.3 Å². The van der Waals surface area contributed by atoms with E-state index in [1.54, 1.807) is 12.4 Å². The fourth-order valence-electron chi connectivity index (χ4n) is 2.31. The first kappa shape index (κ1) is 11.6. The molecule has 0 unspecified atom stereocenters. The van der Waals surface area contributed by atoms with Crippen LogP contribution in [0.25, 0.3) is 22.3 Å². The zero-order valence-electron chi connectivity index (χ0n) is 10.7. The summed E-state index contributed by atoms with van der Waals surface area (Å²) >= 11 is 0. The van der Waals surface area contributed by atoms with Crippen LogP contribution in [0.2, 0.25) is 0 Å². The largest absolute Gasteiger partial charge is 0.264 e. The maximum absolute atomic E-state index is 4.19. The van der Waals surface area contributed by atoms with Crippen LogP contribution in [0, 0.1) is 6.92 Å². The first-order valence-corrected chi connectivity index (χ1v) is 6.26. The Labute approximate surface area is 112 Å². The minimum atomic E-state index is 1.14. The Kier molecular flexibility index (Phi) is 3.07. The highest BCUT2D eigenvalue weighted by molar-refractivity contribution is 5.77. The fourth-order valence-corrected chi connectivity index (χ4v) is 2.31. The van der Waals surface area contributed by atoms with Crippen LogP contribution >= 0.6 is 0 Å². The number of pyridine rings is 2. The average molecular weight is 246 g/mol. The molecule has 1 aromatic carbocycles. The van der Waals surface area contributed by atoms with E-state index in [4.69, 9.17) is 0 Å². The zero-order chi connectivity index (χ0) is 13.1. The number of hydrogen-bond acceptors (Lipinski definition) is 2. The van der Waals surface area contributed by atoms with E-state index in [9.17, 15) is 0 Å². The average Bonchev–Trinajstić information content (AvgIpc) is 2.49. The monoisotopic (exact) mass is 246 g/mol. The maximum atomic E-state index is 4.19. The lowest BCUT2D eigenvalue weighted by molar-refractivity contribution is 1.31. The molecule has 0 spiro atoms. The molecule has 0 amide bonds. The van der Waals surface area contributed by atoms with Crippen LogP contribution in [0.15, 0.2) is 67.3 Å². The summed E-state index contributed by atoms with van der Waals surface area (Å²) < 4.78 is 0. The van der Waals surface area contributed by atoms with Gasteiger partial charge in [0.25, 0.3) is 0 Å². The summed E-state index contributed by atoms with van der Waals surface area (Å²) in [7, 11) is 0. The van der Waals surface area contributed by atoms with Crippen LogP contribution in [0.4, 0.5) is 0 Å². The molecule has 0 aliphatic heterocycles. The third kappa shape index (κ3) is 2.25. The van der Waals surface area contributed by atoms with Gasteiger partial charge in [-0.1, -0.05) is 30.3 Å². The first-order valence-electron chi connectivity index (χ1n) is 6.26.